The van der Waals surface area contributed by atoms with Crippen molar-refractivity contribution >= 4 is 0 Å². The van der Waals surface area contributed by atoms with E-state index >= 15 is 0 Å². The molecule has 1 saturated carbocycles. The minimum absolute atomic E-state index is 0.296. The van der Waals surface area contributed by atoms with Crippen molar-refractivity contribution in [3.63, 3.8) is 0 Å². The predicted molar refractivity (Wildman–Crippen MR) is 73.0 cm³/mol. The summed E-state index contributed by atoms with van der Waals surface area (Å²) in [6, 6.07) is 0.730. The van der Waals surface area contributed by atoms with Gasteiger partial charge in [0.05, 0.1) is 19.3 Å². The average molecular weight is 259 g/mol. The summed E-state index contributed by atoms with van der Waals surface area (Å²) in [5, 5.41) is 3.58. The van der Waals surface area contributed by atoms with Crippen molar-refractivity contribution in [3.05, 3.63) is 0 Å². The van der Waals surface area contributed by atoms with E-state index in [0.717, 1.165) is 32.2 Å². The van der Waals surface area contributed by atoms with E-state index in [-0.39, 0.29) is 0 Å². The minimum atomic E-state index is 0.296. The summed E-state index contributed by atoms with van der Waals surface area (Å²) in [6.45, 7) is 5.98. The third-order valence-corrected chi connectivity index (χ3v) is 3.32. The van der Waals surface area contributed by atoms with Crippen molar-refractivity contribution in [2.75, 3.05) is 40.1 Å². The first kappa shape index (κ1) is 15.9. The van der Waals surface area contributed by atoms with Gasteiger partial charge in [-0.25, -0.2) is 0 Å². The smallest absolute Gasteiger partial charge is 0.0700 e. The molecule has 1 unspecified atom stereocenters. The monoisotopic (exact) mass is 259 g/mol. The van der Waals surface area contributed by atoms with Gasteiger partial charge < -0.3 is 19.5 Å². The highest BCUT2D eigenvalue weighted by molar-refractivity contribution is 4.74. The Morgan fingerprint density at radius 2 is 1.89 bits per heavy atom. The van der Waals surface area contributed by atoms with Crippen LogP contribution in [0.1, 0.15) is 39.0 Å². The maximum atomic E-state index is 5.73. The number of nitrogens with one attached hydrogen (secondary N) is 1. The van der Waals surface area contributed by atoms with Gasteiger partial charge in [0.15, 0.2) is 0 Å². The molecular formula is C14H29NO3. The molecule has 0 bridgehead atoms. The van der Waals surface area contributed by atoms with Crippen molar-refractivity contribution < 1.29 is 14.2 Å². The normalized spacial score (nSPS) is 18.3. The molecule has 1 rings (SSSR count). The molecule has 0 aromatic heterocycles. The van der Waals surface area contributed by atoms with E-state index in [0.29, 0.717) is 19.3 Å². The van der Waals surface area contributed by atoms with Gasteiger partial charge in [0.25, 0.3) is 0 Å². The van der Waals surface area contributed by atoms with Crippen molar-refractivity contribution in [2.24, 2.45) is 0 Å². The van der Waals surface area contributed by atoms with E-state index in [9.17, 15) is 0 Å². The summed E-state index contributed by atoms with van der Waals surface area (Å²) < 4.78 is 16.0. The molecule has 0 aromatic rings. The van der Waals surface area contributed by atoms with Crippen molar-refractivity contribution in [1.29, 1.82) is 0 Å². The zero-order chi connectivity index (χ0) is 13.1. The lowest BCUT2D eigenvalue weighted by Crippen LogP contribution is -2.34. The van der Waals surface area contributed by atoms with Gasteiger partial charge in [0.2, 0.25) is 0 Å². The lowest BCUT2D eigenvalue weighted by Gasteiger charge is -2.17. The fourth-order valence-corrected chi connectivity index (χ4v) is 2.21. The zero-order valence-electron chi connectivity index (χ0n) is 12.0. The van der Waals surface area contributed by atoms with Crippen LogP contribution in [-0.4, -0.2) is 52.2 Å². The first-order valence-corrected chi connectivity index (χ1v) is 7.24. The Hall–Kier alpha value is -0.160. The average Bonchev–Trinajstić information content (AvgIpc) is 2.88. The molecule has 1 aliphatic carbocycles. The molecule has 4 nitrogen and oxygen atoms in total. The number of rotatable bonds is 11. The Morgan fingerprint density at radius 3 is 2.61 bits per heavy atom. The van der Waals surface area contributed by atoms with Gasteiger partial charge in [-0.15, -0.1) is 0 Å². The lowest BCUT2D eigenvalue weighted by molar-refractivity contribution is 0.0296. The van der Waals surface area contributed by atoms with Gasteiger partial charge in [0, 0.05) is 32.9 Å². The third-order valence-electron chi connectivity index (χ3n) is 3.32. The Kier molecular flexibility index (Phi) is 9.48. The van der Waals surface area contributed by atoms with Crippen LogP contribution in [0.15, 0.2) is 0 Å². The summed E-state index contributed by atoms with van der Waals surface area (Å²) >= 11 is 0. The molecule has 0 amide bonds. The second kappa shape index (κ2) is 10.7. The van der Waals surface area contributed by atoms with Gasteiger partial charge in [-0.3, -0.25) is 0 Å². The van der Waals surface area contributed by atoms with Crippen LogP contribution < -0.4 is 5.32 Å². The molecule has 0 radical (unpaired) electrons. The molecule has 1 fully saturated rings. The van der Waals surface area contributed by atoms with E-state index in [1.165, 1.54) is 25.7 Å². The second-order valence-corrected chi connectivity index (χ2v) is 5.03. The summed E-state index contributed by atoms with van der Waals surface area (Å²) in [5.41, 5.74) is 0. The number of ether oxygens (including phenoxy) is 3. The molecule has 0 spiro atoms. The summed E-state index contributed by atoms with van der Waals surface area (Å²) in [6.07, 6.45) is 6.68. The standard InChI is InChI=1S/C14H29NO3/c1-13(12-15-14-6-3-4-7-14)18-9-5-8-17-11-10-16-2/h13-15H,3-12H2,1-2H3. The summed E-state index contributed by atoms with van der Waals surface area (Å²) in [7, 11) is 1.69. The molecule has 0 aliphatic heterocycles. The minimum Gasteiger partial charge on any atom is -0.382 e. The highest BCUT2D eigenvalue weighted by Crippen LogP contribution is 2.17. The van der Waals surface area contributed by atoms with E-state index in [2.05, 4.69) is 12.2 Å². The van der Waals surface area contributed by atoms with Crippen molar-refractivity contribution in [1.82, 2.24) is 5.32 Å². The highest BCUT2D eigenvalue weighted by Gasteiger charge is 2.14. The Labute approximate surface area is 111 Å². The lowest BCUT2D eigenvalue weighted by atomic mass is 10.2. The molecule has 0 saturated heterocycles. The van der Waals surface area contributed by atoms with Crippen LogP contribution in [0.5, 0.6) is 0 Å². The van der Waals surface area contributed by atoms with Gasteiger partial charge in [-0.2, -0.15) is 0 Å². The zero-order valence-corrected chi connectivity index (χ0v) is 12.0. The van der Waals surface area contributed by atoms with Crippen molar-refractivity contribution in [2.45, 2.75) is 51.2 Å². The molecule has 0 heterocycles. The van der Waals surface area contributed by atoms with Crippen LogP contribution in [0, 0.1) is 0 Å². The second-order valence-electron chi connectivity index (χ2n) is 5.03. The SMILES string of the molecule is COCCOCCCOC(C)CNC1CCCC1. The van der Waals surface area contributed by atoms with Crippen LogP contribution in [0.3, 0.4) is 0 Å². The topological polar surface area (TPSA) is 39.7 Å². The van der Waals surface area contributed by atoms with E-state index in [4.69, 9.17) is 14.2 Å². The predicted octanol–water partition coefficient (Wildman–Crippen LogP) is 1.98. The molecule has 1 atom stereocenters. The fourth-order valence-electron chi connectivity index (χ4n) is 2.21. The van der Waals surface area contributed by atoms with E-state index in [1.54, 1.807) is 7.11 Å². The van der Waals surface area contributed by atoms with Crippen molar-refractivity contribution in [3.8, 4) is 0 Å². The maximum absolute atomic E-state index is 5.73. The quantitative estimate of drug-likeness (QED) is 0.576. The molecule has 1 N–H and O–H groups in total. The van der Waals surface area contributed by atoms with Crippen LogP contribution in [0.4, 0.5) is 0 Å². The Morgan fingerprint density at radius 1 is 1.11 bits per heavy atom. The molecule has 108 valence electrons. The van der Waals surface area contributed by atoms with Crippen LogP contribution in [0.25, 0.3) is 0 Å². The van der Waals surface area contributed by atoms with E-state index < -0.39 is 0 Å². The number of methoxy groups -OCH3 is 1. The first-order valence-electron chi connectivity index (χ1n) is 7.24. The van der Waals surface area contributed by atoms with E-state index in [1.807, 2.05) is 0 Å². The number of hydrogen-bond acceptors (Lipinski definition) is 4. The fraction of sp³-hybridized carbons (Fsp3) is 1.00. The molecule has 4 heteroatoms. The Bertz CT molecular complexity index is 184. The van der Waals surface area contributed by atoms with Gasteiger partial charge in [0.1, 0.15) is 0 Å². The molecular weight excluding hydrogens is 230 g/mol. The van der Waals surface area contributed by atoms with Gasteiger partial charge in [-0.05, 0) is 26.2 Å². The number of hydrogen-bond donors (Lipinski definition) is 1. The largest absolute Gasteiger partial charge is 0.382 e. The maximum Gasteiger partial charge on any atom is 0.0700 e. The summed E-state index contributed by atoms with van der Waals surface area (Å²) in [4.78, 5) is 0. The van der Waals surface area contributed by atoms with Crippen LogP contribution in [0.2, 0.25) is 0 Å². The Balaban J connectivity index is 1.82. The van der Waals surface area contributed by atoms with Gasteiger partial charge in [-0.1, -0.05) is 12.8 Å². The van der Waals surface area contributed by atoms with Gasteiger partial charge >= 0.3 is 0 Å². The molecule has 1 aliphatic rings. The van der Waals surface area contributed by atoms with Crippen LogP contribution in [-0.2, 0) is 14.2 Å². The first-order chi connectivity index (χ1) is 8.83. The molecule has 0 aromatic carbocycles. The third kappa shape index (κ3) is 8.03. The molecule has 18 heavy (non-hydrogen) atoms. The highest BCUT2D eigenvalue weighted by atomic mass is 16.5. The van der Waals surface area contributed by atoms with Crippen LogP contribution >= 0.6 is 0 Å². The summed E-state index contributed by atoms with van der Waals surface area (Å²) in [5.74, 6) is 0.